The van der Waals surface area contributed by atoms with Crippen molar-refractivity contribution in [2.45, 2.75) is 32.5 Å². The molecule has 0 spiro atoms. The molecule has 0 atom stereocenters. The van der Waals surface area contributed by atoms with Crippen LogP contribution in [0.3, 0.4) is 0 Å². The van der Waals surface area contributed by atoms with Crippen molar-refractivity contribution >= 4 is 22.3 Å². The molecular formula is C24H20F3N3O2. The van der Waals surface area contributed by atoms with Crippen molar-refractivity contribution in [1.82, 2.24) is 5.32 Å². The van der Waals surface area contributed by atoms with Crippen LogP contribution in [0.2, 0.25) is 0 Å². The highest BCUT2D eigenvalue weighted by Crippen LogP contribution is 2.56. The maximum atomic E-state index is 14.4. The Balaban J connectivity index is 2.57. The van der Waals surface area contributed by atoms with E-state index in [9.17, 15) is 28.5 Å². The van der Waals surface area contributed by atoms with Gasteiger partial charge in [0.1, 0.15) is 0 Å². The van der Waals surface area contributed by atoms with Crippen LogP contribution in [0.15, 0.2) is 59.3 Å². The molecule has 0 radical (unpaired) electrons. The third kappa shape index (κ3) is 3.58. The number of ether oxygens (including phenoxy) is 1. The number of alkyl halides is 3. The van der Waals surface area contributed by atoms with Gasteiger partial charge < -0.3 is 10.1 Å². The van der Waals surface area contributed by atoms with E-state index in [1.807, 2.05) is 0 Å². The van der Waals surface area contributed by atoms with Crippen molar-refractivity contribution in [2.24, 2.45) is 5.41 Å². The number of allylic oxidation sites excluding steroid dienone is 1. The summed E-state index contributed by atoms with van der Waals surface area (Å²) in [7, 11) is 0.958. The Kier molecular flexibility index (Phi) is 5.53. The van der Waals surface area contributed by atoms with Gasteiger partial charge in [0, 0.05) is 11.1 Å². The van der Waals surface area contributed by atoms with E-state index in [0.29, 0.717) is 10.8 Å². The topological polar surface area (TPSA) is 85.9 Å². The van der Waals surface area contributed by atoms with Crippen molar-refractivity contribution in [3.63, 3.8) is 0 Å². The lowest BCUT2D eigenvalue weighted by molar-refractivity contribution is -0.137. The highest BCUT2D eigenvalue weighted by atomic mass is 19.4. The molecule has 0 amide bonds. The fourth-order valence-electron chi connectivity index (χ4n) is 3.90. The van der Waals surface area contributed by atoms with Gasteiger partial charge in [-0.3, -0.25) is 0 Å². The Labute approximate surface area is 183 Å². The Morgan fingerprint density at radius 1 is 1.03 bits per heavy atom. The smallest absolute Gasteiger partial charge is 0.419 e. The lowest BCUT2D eigenvalue weighted by atomic mass is 9.77. The van der Waals surface area contributed by atoms with Gasteiger partial charge in [-0.15, -0.1) is 0 Å². The molecule has 8 heteroatoms. The maximum absolute atomic E-state index is 14.4. The van der Waals surface area contributed by atoms with E-state index in [4.69, 9.17) is 4.74 Å². The average Bonchev–Trinajstić information content (AvgIpc) is 3.01. The SMILES string of the molecule is COC(=O)C1=C(c2cccc3ccccc23)C(C#N)(C#N)C(NC(C)(C)C)=C1C(F)(F)F. The predicted octanol–water partition coefficient (Wildman–Crippen LogP) is 5.02. The molecule has 2 aromatic rings. The molecule has 0 aromatic heterocycles. The van der Waals surface area contributed by atoms with E-state index in [1.165, 1.54) is 6.07 Å². The molecule has 164 valence electrons. The largest absolute Gasteiger partial charge is 0.465 e. The lowest BCUT2D eigenvalue weighted by Crippen LogP contribution is -2.42. The minimum absolute atomic E-state index is 0.180. The Bertz CT molecular complexity index is 1230. The van der Waals surface area contributed by atoms with Crippen molar-refractivity contribution in [1.29, 1.82) is 10.5 Å². The summed E-state index contributed by atoms with van der Waals surface area (Å²) < 4.78 is 47.9. The summed E-state index contributed by atoms with van der Waals surface area (Å²) in [6, 6.07) is 15.3. The first-order valence-electron chi connectivity index (χ1n) is 9.65. The second-order valence-corrected chi connectivity index (χ2v) is 8.36. The van der Waals surface area contributed by atoms with Crippen molar-refractivity contribution in [3.05, 3.63) is 64.9 Å². The van der Waals surface area contributed by atoms with E-state index < -0.39 is 39.9 Å². The number of fused-ring (bicyclic) bond motifs is 1. The normalized spacial score (nSPS) is 16.0. The number of carbonyl (C=O) groups excluding carboxylic acids is 1. The fraction of sp³-hybridized carbons (Fsp3) is 0.292. The van der Waals surface area contributed by atoms with E-state index in [2.05, 4.69) is 5.32 Å². The van der Waals surface area contributed by atoms with Gasteiger partial charge >= 0.3 is 12.1 Å². The first kappa shape index (κ1) is 22.9. The molecule has 1 N–H and O–H groups in total. The zero-order valence-corrected chi connectivity index (χ0v) is 17.9. The van der Waals surface area contributed by atoms with E-state index in [1.54, 1.807) is 69.3 Å². The molecule has 1 aliphatic carbocycles. The van der Waals surface area contributed by atoms with Crippen LogP contribution < -0.4 is 5.32 Å². The van der Waals surface area contributed by atoms with Gasteiger partial charge in [-0.05, 0) is 37.1 Å². The number of benzene rings is 2. The van der Waals surface area contributed by atoms with E-state index in [0.717, 1.165) is 7.11 Å². The van der Waals surface area contributed by atoms with E-state index >= 15 is 0 Å². The Hall–Kier alpha value is -3.78. The monoisotopic (exact) mass is 439 g/mol. The van der Waals surface area contributed by atoms with Gasteiger partial charge in [-0.25, -0.2) is 4.79 Å². The minimum Gasteiger partial charge on any atom is -0.465 e. The van der Waals surface area contributed by atoms with Crippen LogP contribution in [0.25, 0.3) is 16.3 Å². The second kappa shape index (κ2) is 7.72. The van der Waals surface area contributed by atoms with Crippen LogP contribution in [-0.4, -0.2) is 24.8 Å². The van der Waals surface area contributed by atoms with Crippen LogP contribution in [0.1, 0.15) is 26.3 Å². The number of nitriles is 2. The maximum Gasteiger partial charge on any atom is 0.419 e. The molecule has 0 fully saturated rings. The standard InChI is InChI=1S/C24H20F3N3O2/c1-22(2,3)30-20-19(24(25,26)27)17(21(31)32-4)18(23(20,12-28)13-29)16-11-7-9-14-8-5-6-10-15(14)16/h5-11,30H,1-4H3. The van der Waals surface area contributed by atoms with Crippen LogP contribution in [0.4, 0.5) is 13.2 Å². The molecular weight excluding hydrogens is 419 g/mol. The summed E-state index contributed by atoms with van der Waals surface area (Å²) in [5, 5.41) is 24.2. The van der Waals surface area contributed by atoms with Gasteiger partial charge in [0.05, 0.1) is 36.1 Å². The average molecular weight is 439 g/mol. The summed E-state index contributed by atoms with van der Waals surface area (Å²) in [5.41, 5.74) is -6.40. The zero-order chi connectivity index (χ0) is 23.9. The van der Waals surface area contributed by atoms with Gasteiger partial charge in [-0.1, -0.05) is 42.5 Å². The first-order valence-corrected chi connectivity index (χ1v) is 9.65. The third-order valence-electron chi connectivity index (χ3n) is 5.07. The third-order valence-corrected chi connectivity index (χ3v) is 5.07. The minimum atomic E-state index is -5.04. The number of nitrogens with one attached hydrogen (secondary N) is 1. The van der Waals surface area contributed by atoms with E-state index in [-0.39, 0.29) is 11.1 Å². The fourth-order valence-corrected chi connectivity index (χ4v) is 3.90. The molecule has 0 bridgehead atoms. The number of methoxy groups -OCH3 is 1. The van der Waals surface area contributed by atoms with Crippen molar-refractivity contribution < 1.29 is 22.7 Å². The first-order chi connectivity index (χ1) is 14.9. The van der Waals surface area contributed by atoms with Crippen LogP contribution >= 0.6 is 0 Å². The number of nitrogens with zero attached hydrogens (tertiary/aromatic N) is 2. The molecule has 0 heterocycles. The second-order valence-electron chi connectivity index (χ2n) is 8.36. The molecule has 0 aliphatic heterocycles. The van der Waals surface area contributed by atoms with Crippen LogP contribution in [0, 0.1) is 28.1 Å². The number of rotatable bonds is 3. The number of esters is 1. The Morgan fingerprint density at radius 2 is 1.62 bits per heavy atom. The molecule has 0 unspecified atom stereocenters. The number of halogens is 3. The summed E-state index contributed by atoms with van der Waals surface area (Å²) in [5.74, 6) is -1.28. The van der Waals surface area contributed by atoms with Crippen molar-refractivity contribution in [2.75, 3.05) is 7.11 Å². The molecule has 0 saturated carbocycles. The number of carbonyl (C=O) groups is 1. The lowest BCUT2D eigenvalue weighted by Gasteiger charge is -2.30. The molecule has 3 rings (SSSR count). The van der Waals surface area contributed by atoms with Gasteiger partial charge in [0.25, 0.3) is 0 Å². The number of hydrogen-bond acceptors (Lipinski definition) is 5. The zero-order valence-electron chi connectivity index (χ0n) is 17.9. The molecule has 0 saturated heterocycles. The van der Waals surface area contributed by atoms with Gasteiger partial charge in [0.2, 0.25) is 5.41 Å². The Morgan fingerprint density at radius 3 is 2.16 bits per heavy atom. The van der Waals surface area contributed by atoms with Gasteiger partial charge in [-0.2, -0.15) is 23.7 Å². The molecule has 2 aromatic carbocycles. The highest BCUT2D eigenvalue weighted by molar-refractivity contribution is 6.11. The molecule has 5 nitrogen and oxygen atoms in total. The quantitative estimate of drug-likeness (QED) is 0.679. The molecule has 32 heavy (non-hydrogen) atoms. The molecule has 1 aliphatic rings. The summed E-state index contributed by atoms with van der Waals surface area (Å²) in [4.78, 5) is 12.8. The predicted molar refractivity (Wildman–Crippen MR) is 113 cm³/mol. The van der Waals surface area contributed by atoms with Crippen LogP contribution in [-0.2, 0) is 9.53 Å². The summed E-state index contributed by atoms with van der Waals surface area (Å²) in [6.07, 6.45) is -5.04. The van der Waals surface area contributed by atoms with Gasteiger partial charge in [0.15, 0.2) is 0 Å². The van der Waals surface area contributed by atoms with Crippen molar-refractivity contribution in [3.8, 4) is 12.1 Å². The highest BCUT2D eigenvalue weighted by Gasteiger charge is 2.58. The summed E-state index contributed by atoms with van der Waals surface area (Å²) >= 11 is 0. The summed E-state index contributed by atoms with van der Waals surface area (Å²) in [6.45, 7) is 4.80. The van der Waals surface area contributed by atoms with Crippen LogP contribution in [0.5, 0.6) is 0 Å². The number of hydrogen-bond donors (Lipinski definition) is 1.